The normalized spacial score (nSPS) is 12.6. The minimum Gasteiger partial charge on any atom is -0.454 e. The second-order valence-electron chi connectivity index (χ2n) is 2.67. The van der Waals surface area contributed by atoms with Gasteiger partial charge >= 0.3 is 0 Å². The predicted molar refractivity (Wildman–Crippen MR) is 60.7 cm³/mol. The van der Waals surface area contributed by atoms with E-state index in [0.29, 0.717) is 11.5 Å². The molecular weight excluding hydrogens is 268 g/mol. The molecule has 0 unspecified atom stereocenters. The number of fused-ring (bicyclic) bond motifs is 1. The van der Waals surface area contributed by atoms with Gasteiger partial charge in [0.15, 0.2) is 16.6 Å². The Labute approximate surface area is 94.5 Å². The summed E-state index contributed by atoms with van der Waals surface area (Å²) in [5.41, 5.74) is 6.13. The van der Waals surface area contributed by atoms with Gasteiger partial charge in [-0.3, -0.25) is 0 Å². The van der Waals surface area contributed by atoms with Crippen molar-refractivity contribution in [3.63, 3.8) is 0 Å². The number of anilines is 1. The quantitative estimate of drug-likeness (QED) is 0.766. The van der Waals surface area contributed by atoms with Gasteiger partial charge < -0.3 is 20.5 Å². The lowest BCUT2D eigenvalue weighted by molar-refractivity contribution is 0.174. The molecular formula is C8H7BrN2O2S. The topological polar surface area (TPSA) is 56.5 Å². The first-order chi connectivity index (χ1) is 6.66. The summed E-state index contributed by atoms with van der Waals surface area (Å²) in [7, 11) is 0. The van der Waals surface area contributed by atoms with E-state index in [1.54, 1.807) is 6.07 Å². The lowest BCUT2D eigenvalue weighted by Crippen LogP contribution is -2.19. The number of hydrogen-bond acceptors (Lipinski definition) is 3. The number of ether oxygens (including phenoxy) is 2. The van der Waals surface area contributed by atoms with Crippen LogP contribution in [0, 0.1) is 0 Å². The van der Waals surface area contributed by atoms with Gasteiger partial charge in [-0.15, -0.1) is 0 Å². The van der Waals surface area contributed by atoms with Crippen molar-refractivity contribution >= 4 is 38.9 Å². The summed E-state index contributed by atoms with van der Waals surface area (Å²) in [6, 6.07) is 3.59. The first-order valence-electron chi connectivity index (χ1n) is 3.82. The number of benzene rings is 1. The number of hydrogen-bond donors (Lipinski definition) is 2. The maximum Gasteiger partial charge on any atom is 0.231 e. The molecule has 1 aromatic rings. The van der Waals surface area contributed by atoms with E-state index in [1.165, 1.54) is 0 Å². The number of thiocarbonyl (C=S) groups is 1. The van der Waals surface area contributed by atoms with Crippen LogP contribution >= 0.6 is 28.1 Å². The molecule has 1 heterocycles. The van der Waals surface area contributed by atoms with Crippen LogP contribution in [0.1, 0.15) is 0 Å². The highest BCUT2D eigenvalue weighted by molar-refractivity contribution is 9.10. The highest BCUT2D eigenvalue weighted by Gasteiger charge is 2.16. The Morgan fingerprint density at radius 1 is 1.43 bits per heavy atom. The van der Waals surface area contributed by atoms with E-state index in [2.05, 4.69) is 21.2 Å². The fraction of sp³-hybridized carbons (Fsp3) is 0.125. The third-order valence-corrected chi connectivity index (χ3v) is 2.48. The van der Waals surface area contributed by atoms with Crippen LogP contribution in [0.25, 0.3) is 0 Å². The zero-order chi connectivity index (χ0) is 10.1. The van der Waals surface area contributed by atoms with E-state index in [9.17, 15) is 0 Å². The molecule has 3 N–H and O–H groups in total. The Balaban J connectivity index is 2.37. The molecule has 0 spiro atoms. The van der Waals surface area contributed by atoms with Gasteiger partial charge in [-0.25, -0.2) is 0 Å². The van der Waals surface area contributed by atoms with Gasteiger partial charge in [-0.05, 0) is 28.1 Å². The first kappa shape index (κ1) is 9.54. The molecule has 0 saturated heterocycles. The molecule has 0 amide bonds. The summed E-state index contributed by atoms with van der Waals surface area (Å²) in [6.07, 6.45) is 0. The average molecular weight is 275 g/mol. The zero-order valence-corrected chi connectivity index (χ0v) is 9.44. The SMILES string of the molecule is NC(=S)Nc1cc2c(cc1Br)OCO2. The maximum atomic E-state index is 5.37. The maximum absolute atomic E-state index is 5.37. The van der Waals surface area contributed by atoms with Crippen LogP contribution in [0.2, 0.25) is 0 Å². The number of rotatable bonds is 1. The largest absolute Gasteiger partial charge is 0.454 e. The van der Waals surface area contributed by atoms with E-state index in [1.807, 2.05) is 6.07 Å². The number of nitrogens with one attached hydrogen (secondary N) is 1. The highest BCUT2D eigenvalue weighted by atomic mass is 79.9. The van der Waals surface area contributed by atoms with Gasteiger partial charge in [0.2, 0.25) is 6.79 Å². The first-order valence-corrected chi connectivity index (χ1v) is 5.02. The van der Waals surface area contributed by atoms with Gasteiger partial charge in [-0.1, -0.05) is 0 Å². The van der Waals surface area contributed by atoms with Crippen molar-refractivity contribution in [2.24, 2.45) is 5.73 Å². The lowest BCUT2D eigenvalue weighted by atomic mass is 10.3. The van der Waals surface area contributed by atoms with Crippen molar-refractivity contribution in [2.75, 3.05) is 12.1 Å². The van der Waals surface area contributed by atoms with E-state index < -0.39 is 0 Å². The summed E-state index contributed by atoms with van der Waals surface area (Å²) in [6.45, 7) is 0.248. The fourth-order valence-corrected chi connectivity index (χ4v) is 1.68. The van der Waals surface area contributed by atoms with E-state index >= 15 is 0 Å². The minimum atomic E-state index is 0.213. The predicted octanol–water partition coefficient (Wildman–Crippen LogP) is 1.83. The molecule has 0 aromatic heterocycles. The van der Waals surface area contributed by atoms with Gasteiger partial charge in [0.1, 0.15) is 0 Å². The molecule has 2 rings (SSSR count). The minimum absolute atomic E-state index is 0.213. The molecule has 1 aliphatic rings. The standard InChI is InChI=1S/C8H7BrN2O2S/c9-4-1-6-7(13-3-12-6)2-5(4)11-8(10)14/h1-2H,3H2,(H3,10,11,14). The lowest BCUT2D eigenvalue weighted by Gasteiger charge is -2.07. The van der Waals surface area contributed by atoms with Crippen LogP contribution < -0.4 is 20.5 Å². The average Bonchev–Trinajstić information content (AvgIpc) is 2.51. The van der Waals surface area contributed by atoms with Crippen LogP contribution in [0.5, 0.6) is 11.5 Å². The molecule has 74 valence electrons. The van der Waals surface area contributed by atoms with Crippen LogP contribution in [0.15, 0.2) is 16.6 Å². The van der Waals surface area contributed by atoms with Crippen molar-refractivity contribution in [1.29, 1.82) is 0 Å². The van der Waals surface area contributed by atoms with Crippen molar-refractivity contribution in [3.05, 3.63) is 16.6 Å². The molecule has 14 heavy (non-hydrogen) atoms. The van der Waals surface area contributed by atoms with E-state index in [0.717, 1.165) is 10.2 Å². The summed E-state index contributed by atoms with van der Waals surface area (Å²) in [4.78, 5) is 0. The Morgan fingerprint density at radius 2 is 2.07 bits per heavy atom. The van der Waals surface area contributed by atoms with Gasteiger partial charge in [0.05, 0.1) is 5.69 Å². The monoisotopic (exact) mass is 274 g/mol. The molecule has 1 aliphatic heterocycles. The summed E-state index contributed by atoms with van der Waals surface area (Å²) >= 11 is 8.10. The molecule has 0 saturated carbocycles. The second-order valence-corrected chi connectivity index (χ2v) is 3.97. The third-order valence-electron chi connectivity index (χ3n) is 1.72. The van der Waals surface area contributed by atoms with E-state index in [4.69, 9.17) is 27.4 Å². The molecule has 6 heteroatoms. The van der Waals surface area contributed by atoms with E-state index in [-0.39, 0.29) is 11.9 Å². The van der Waals surface area contributed by atoms with Crippen LogP contribution in [0.3, 0.4) is 0 Å². The Kier molecular flexibility index (Phi) is 2.47. The molecule has 1 aromatic carbocycles. The van der Waals surface area contributed by atoms with Crippen LogP contribution in [0.4, 0.5) is 5.69 Å². The second kappa shape index (κ2) is 3.62. The number of halogens is 1. The van der Waals surface area contributed by atoms with Crippen molar-refractivity contribution < 1.29 is 9.47 Å². The molecule has 0 aliphatic carbocycles. The molecule has 4 nitrogen and oxygen atoms in total. The molecule has 0 bridgehead atoms. The van der Waals surface area contributed by atoms with Crippen LogP contribution in [-0.2, 0) is 0 Å². The Morgan fingerprint density at radius 3 is 2.71 bits per heavy atom. The van der Waals surface area contributed by atoms with Crippen molar-refractivity contribution in [1.82, 2.24) is 0 Å². The van der Waals surface area contributed by atoms with Gasteiger partial charge in [-0.2, -0.15) is 0 Å². The summed E-state index contributed by atoms with van der Waals surface area (Å²) < 4.78 is 11.2. The zero-order valence-electron chi connectivity index (χ0n) is 7.04. The molecule has 0 radical (unpaired) electrons. The van der Waals surface area contributed by atoms with Gasteiger partial charge in [0.25, 0.3) is 0 Å². The molecule has 0 atom stereocenters. The fourth-order valence-electron chi connectivity index (χ4n) is 1.15. The Hall–Kier alpha value is -1.01. The van der Waals surface area contributed by atoms with Gasteiger partial charge in [0, 0.05) is 16.6 Å². The summed E-state index contributed by atoms with van der Waals surface area (Å²) in [5, 5.41) is 3.04. The number of nitrogens with two attached hydrogens (primary N) is 1. The third kappa shape index (κ3) is 1.76. The Bertz CT molecular complexity index is 397. The summed E-state index contributed by atoms with van der Waals surface area (Å²) in [5.74, 6) is 1.40. The molecule has 0 fully saturated rings. The smallest absolute Gasteiger partial charge is 0.231 e. The van der Waals surface area contributed by atoms with Crippen LogP contribution in [-0.4, -0.2) is 11.9 Å². The van der Waals surface area contributed by atoms with Crippen molar-refractivity contribution in [3.8, 4) is 11.5 Å². The van der Waals surface area contributed by atoms with Crippen molar-refractivity contribution in [2.45, 2.75) is 0 Å². The highest BCUT2D eigenvalue weighted by Crippen LogP contribution is 2.39.